The van der Waals surface area contributed by atoms with Crippen LogP contribution in [0.3, 0.4) is 0 Å². The maximum absolute atomic E-state index is 14.0. The Morgan fingerprint density at radius 1 is 1.17 bits per heavy atom. The first-order chi connectivity index (χ1) is 14.2. The molecule has 0 aliphatic carbocycles. The van der Waals surface area contributed by atoms with E-state index in [0.29, 0.717) is 5.69 Å². The minimum atomic E-state index is -4.78. The number of carbonyl (C=O) groups is 1. The van der Waals surface area contributed by atoms with Crippen LogP contribution in [0, 0.1) is 11.3 Å². The molecule has 156 valence electrons. The van der Waals surface area contributed by atoms with Gasteiger partial charge in [-0.1, -0.05) is 5.22 Å². The van der Waals surface area contributed by atoms with Gasteiger partial charge >= 0.3 is 6.36 Å². The van der Waals surface area contributed by atoms with Crippen LogP contribution in [-0.4, -0.2) is 27.0 Å². The van der Waals surface area contributed by atoms with E-state index in [1.807, 2.05) is 0 Å². The van der Waals surface area contributed by atoms with E-state index >= 15 is 0 Å². The van der Waals surface area contributed by atoms with Crippen LogP contribution < -0.4 is 14.9 Å². The molecule has 0 radical (unpaired) electrons. The summed E-state index contributed by atoms with van der Waals surface area (Å²) in [7, 11) is 0. The number of alkyl halides is 3. The molecule has 0 atom stereocenters. The van der Waals surface area contributed by atoms with E-state index in [9.17, 15) is 22.4 Å². The van der Waals surface area contributed by atoms with Crippen LogP contribution in [0.25, 0.3) is 5.69 Å². The smallest absolute Gasteiger partial charge is 0.485 e. The number of nitrogens with zero attached hydrogens (tertiary/aromatic N) is 4. The van der Waals surface area contributed by atoms with Crippen molar-refractivity contribution in [1.29, 1.82) is 5.53 Å². The van der Waals surface area contributed by atoms with Gasteiger partial charge in [-0.05, 0) is 36.4 Å². The quantitative estimate of drug-likeness (QED) is 0.342. The minimum absolute atomic E-state index is 0.108. The fourth-order valence-corrected chi connectivity index (χ4v) is 2.32. The summed E-state index contributed by atoms with van der Waals surface area (Å²) in [5.41, 5.74) is 8.47. The normalized spacial score (nSPS) is 11.1. The number of carbonyl (C=O) groups excluding carboxylic acids is 1. The third-order valence-corrected chi connectivity index (χ3v) is 3.58. The predicted molar refractivity (Wildman–Crippen MR) is 91.4 cm³/mol. The average Bonchev–Trinajstić information content (AvgIpc) is 3.15. The van der Waals surface area contributed by atoms with Gasteiger partial charge in [0.05, 0.1) is 11.3 Å². The molecule has 3 aromatic rings. The van der Waals surface area contributed by atoms with E-state index in [1.165, 1.54) is 35.3 Å². The number of hydrogen-bond acceptors (Lipinski definition) is 7. The van der Waals surface area contributed by atoms with Crippen LogP contribution in [-0.2, 0) is 6.61 Å². The van der Waals surface area contributed by atoms with Crippen LogP contribution in [0.15, 0.2) is 54.0 Å². The first-order valence-corrected chi connectivity index (χ1v) is 8.11. The van der Waals surface area contributed by atoms with Crippen molar-refractivity contribution in [3.8, 4) is 17.2 Å². The summed E-state index contributed by atoms with van der Waals surface area (Å²) in [6.07, 6.45) is -3.45. The van der Waals surface area contributed by atoms with Gasteiger partial charge in [0.2, 0.25) is 0 Å². The number of rotatable bonds is 7. The molecule has 9 nitrogen and oxygen atoms in total. The van der Waals surface area contributed by atoms with Gasteiger partial charge in [-0.15, -0.1) is 18.3 Å². The molecule has 1 heterocycles. The van der Waals surface area contributed by atoms with E-state index < -0.39 is 18.1 Å². The highest BCUT2D eigenvalue weighted by Gasteiger charge is 2.31. The van der Waals surface area contributed by atoms with Crippen molar-refractivity contribution < 1.29 is 31.8 Å². The van der Waals surface area contributed by atoms with Crippen LogP contribution in [0.1, 0.15) is 16.2 Å². The number of hydrogen-bond donors (Lipinski definition) is 2. The monoisotopic (exact) mass is 424 g/mol. The van der Waals surface area contributed by atoms with Crippen molar-refractivity contribution in [1.82, 2.24) is 20.2 Å². The van der Waals surface area contributed by atoms with Crippen LogP contribution >= 0.6 is 0 Å². The Morgan fingerprint density at radius 3 is 2.50 bits per heavy atom. The summed E-state index contributed by atoms with van der Waals surface area (Å²) in [5.74, 6) is -1.78. The summed E-state index contributed by atoms with van der Waals surface area (Å²) in [5, 5.41) is 6.79. The predicted octanol–water partition coefficient (Wildman–Crippen LogP) is 3.56. The Kier molecular flexibility index (Phi) is 5.90. The van der Waals surface area contributed by atoms with Gasteiger partial charge in [-0.25, -0.2) is 19.5 Å². The molecule has 0 unspecified atom stereocenters. The lowest BCUT2D eigenvalue weighted by Gasteiger charge is -2.09. The number of ether oxygens (including phenoxy) is 2. The lowest BCUT2D eigenvalue weighted by molar-refractivity contribution is -0.274. The van der Waals surface area contributed by atoms with Gasteiger partial charge in [0, 0.05) is 6.07 Å². The molecule has 2 N–H and O–H groups in total. The minimum Gasteiger partial charge on any atom is -0.485 e. The van der Waals surface area contributed by atoms with Gasteiger partial charge in [-0.3, -0.25) is 4.79 Å². The second-order valence-corrected chi connectivity index (χ2v) is 5.63. The zero-order chi connectivity index (χ0) is 21.7. The second-order valence-electron chi connectivity index (χ2n) is 5.63. The molecule has 1 amide bonds. The largest absolute Gasteiger partial charge is 0.573 e. The summed E-state index contributed by atoms with van der Waals surface area (Å²) in [6.45, 7) is -0.130. The standard InChI is InChI=1S/C17H12F4N6O3/c18-14-7-12(5-6-13(14)16(28)24-26-22)29-8-15-23-9-27(25-15)10-1-3-11(4-2-10)30-17(19,20)21/h1-7,9H,8H2,(H2,22,24,28). The third kappa shape index (κ3) is 5.27. The number of aromatic nitrogens is 3. The Morgan fingerprint density at radius 2 is 1.87 bits per heavy atom. The number of halogens is 4. The van der Waals surface area contributed by atoms with Crippen molar-refractivity contribution in [3.05, 3.63) is 66.0 Å². The number of amides is 1. The summed E-state index contributed by atoms with van der Waals surface area (Å²) < 4.78 is 61.0. The van der Waals surface area contributed by atoms with Crippen molar-refractivity contribution in [2.45, 2.75) is 13.0 Å². The average molecular weight is 424 g/mol. The first-order valence-electron chi connectivity index (χ1n) is 8.11. The van der Waals surface area contributed by atoms with E-state index in [1.54, 1.807) is 5.43 Å². The Labute approximate surface area is 165 Å². The molecule has 3 rings (SSSR count). The zero-order valence-corrected chi connectivity index (χ0v) is 14.9. The molecule has 0 spiro atoms. The van der Waals surface area contributed by atoms with Gasteiger partial charge in [0.1, 0.15) is 30.3 Å². The summed E-state index contributed by atoms with van der Waals surface area (Å²) >= 11 is 0. The van der Waals surface area contributed by atoms with Gasteiger partial charge in [0.25, 0.3) is 5.91 Å². The molecule has 1 aromatic heterocycles. The highest BCUT2D eigenvalue weighted by atomic mass is 19.4. The molecule has 0 saturated heterocycles. The molecule has 0 saturated carbocycles. The SMILES string of the molecule is N=NNC(=O)c1ccc(OCc2ncn(-c3ccc(OC(F)(F)F)cc3)n2)cc1F. The van der Waals surface area contributed by atoms with E-state index in [0.717, 1.165) is 18.2 Å². The summed E-state index contributed by atoms with van der Waals surface area (Å²) in [6, 6.07) is 8.49. The van der Waals surface area contributed by atoms with Crippen molar-refractivity contribution >= 4 is 5.91 Å². The second kappa shape index (κ2) is 8.55. The first kappa shape index (κ1) is 20.7. The van der Waals surface area contributed by atoms with E-state index in [2.05, 4.69) is 20.0 Å². The topological polar surface area (TPSA) is 114 Å². The molecule has 13 heteroatoms. The molecule has 0 bridgehead atoms. The lowest BCUT2D eigenvalue weighted by Crippen LogP contribution is -2.17. The fourth-order valence-electron chi connectivity index (χ4n) is 2.32. The maximum Gasteiger partial charge on any atom is 0.573 e. The molecular formula is C17H12F4N6O3. The number of benzene rings is 2. The highest BCUT2D eigenvalue weighted by Crippen LogP contribution is 2.23. The van der Waals surface area contributed by atoms with Gasteiger partial charge in [0.15, 0.2) is 5.82 Å². The Bertz CT molecular complexity index is 1050. The Balaban J connectivity index is 1.63. The van der Waals surface area contributed by atoms with E-state index in [4.69, 9.17) is 10.3 Å². The maximum atomic E-state index is 14.0. The Hall–Kier alpha value is -4.03. The lowest BCUT2D eigenvalue weighted by atomic mass is 10.2. The molecule has 0 aliphatic rings. The van der Waals surface area contributed by atoms with E-state index in [-0.39, 0.29) is 29.5 Å². The van der Waals surface area contributed by atoms with Crippen LogP contribution in [0.2, 0.25) is 0 Å². The molecule has 30 heavy (non-hydrogen) atoms. The number of nitrogens with one attached hydrogen (secondary N) is 2. The van der Waals surface area contributed by atoms with Crippen molar-refractivity contribution in [2.24, 2.45) is 5.22 Å². The zero-order valence-electron chi connectivity index (χ0n) is 14.9. The highest BCUT2D eigenvalue weighted by molar-refractivity contribution is 5.94. The fraction of sp³-hybridized carbons (Fsp3) is 0.118. The third-order valence-electron chi connectivity index (χ3n) is 3.58. The van der Waals surface area contributed by atoms with Gasteiger partial charge in [-0.2, -0.15) is 5.53 Å². The summed E-state index contributed by atoms with van der Waals surface area (Å²) in [4.78, 5) is 15.5. The van der Waals surface area contributed by atoms with Crippen LogP contribution in [0.4, 0.5) is 17.6 Å². The molecular weight excluding hydrogens is 412 g/mol. The van der Waals surface area contributed by atoms with Gasteiger partial charge < -0.3 is 9.47 Å². The molecule has 0 fully saturated rings. The molecule has 0 aliphatic heterocycles. The van der Waals surface area contributed by atoms with Crippen molar-refractivity contribution in [3.63, 3.8) is 0 Å². The van der Waals surface area contributed by atoms with Crippen molar-refractivity contribution in [2.75, 3.05) is 0 Å². The van der Waals surface area contributed by atoms with Crippen LogP contribution in [0.5, 0.6) is 11.5 Å². The molecule has 2 aromatic carbocycles.